The molecule has 1 amide bonds. The van der Waals surface area contributed by atoms with E-state index in [1.807, 2.05) is 32.0 Å². The summed E-state index contributed by atoms with van der Waals surface area (Å²) in [5.41, 5.74) is 2.07. The van der Waals surface area contributed by atoms with Gasteiger partial charge in [0.05, 0.1) is 5.69 Å². The molecule has 5 nitrogen and oxygen atoms in total. The van der Waals surface area contributed by atoms with Gasteiger partial charge in [0.2, 0.25) is 0 Å². The van der Waals surface area contributed by atoms with E-state index in [0.717, 1.165) is 5.57 Å². The third kappa shape index (κ3) is 3.72. The van der Waals surface area contributed by atoms with Gasteiger partial charge in [-0.05, 0) is 37.6 Å². The molecular weight excluding hydrogens is 266 g/mol. The van der Waals surface area contributed by atoms with Crippen LogP contribution >= 0.6 is 0 Å². The molecule has 5 heteroatoms. The maximum atomic E-state index is 12.3. The number of hydrogen-bond donors (Lipinski definition) is 1. The second-order valence-corrected chi connectivity index (χ2v) is 4.73. The van der Waals surface area contributed by atoms with Crippen molar-refractivity contribution in [1.82, 2.24) is 9.78 Å². The molecule has 0 aliphatic carbocycles. The van der Waals surface area contributed by atoms with Crippen LogP contribution in [-0.4, -0.2) is 22.3 Å². The normalized spacial score (nSPS) is 10.2. The van der Waals surface area contributed by atoms with Crippen molar-refractivity contribution in [3.8, 4) is 5.75 Å². The molecule has 1 aromatic carbocycles. The average molecular weight is 285 g/mol. The number of aromatic nitrogens is 2. The molecule has 110 valence electrons. The molecule has 0 saturated carbocycles. The molecular formula is C16H19N3O2. The largest absolute Gasteiger partial charge is 0.487 e. The van der Waals surface area contributed by atoms with E-state index < -0.39 is 0 Å². The molecule has 0 radical (unpaired) electrons. The van der Waals surface area contributed by atoms with Crippen LogP contribution < -0.4 is 10.1 Å². The predicted octanol–water partition coefficient (Wildman–Crippen LogP) is 3.11. The van der Waals surface area contributed by atoms with Gasteiger partial charge in [0.15, 0.2) is 0 Å². The van der Waals surface area contributed by atoms with Crippen molar-refractivity contribution in [2.75, 3.05) is 11.9 Å². The van der Waals surface area contributed by atoms with Crippen LogP contribution in [0.4, 0.5) is 5.69 Å². The number of aryl methyl sites for hydroxylation is 1. The van der Waals surface area contributed by atoms with Crippen LogP contribution in [0, 0.1) is 0 Å². The first-order valence-corrected chi connectivity index (χ1v) is 6.81. The zero-order valence-electron chi connectivity index (χ0n) is 12.3. The summed E-state index contributed by atoms with van der Waals surface area (Å²) in [5, 5.41) is 6.95. The van der Waals surface area contributed by atoms with Crippen LogP contribution in [0.1, 0.15) is 24.3 Å². The first kappa shape index (κ1) is 14.8. The highest BCUT2D eigenvalue weighted by Crippen LogP contribution is 2.24. The first-order chi connectivity index (χ1) is 10.1. The zero-order chi connectivity index (χ0) is 15.2. The number of para-hydroxylation sites is 2. The van der Waals surface area contributed by atoms with E-state index in [1.54, 1.807) is 23.0 Å². The Bertz CT molecular complexity index is 646. The molecule has 1 heterocycles. The quantitative estimate of drug-likeness (QED) is 0.830. The van der Waals surface area contributed by atoms with Crippen LogP contribution in [0.2, 0.25) is 0 Å². The van der Waals surface area contributed by atoms with Crippen molar-refractivity contribution >= 4 is 11.6 Å². The highest BCUT2D eigenvalue weighted by Gasteiger charge is 2.13. The topological polar surface area (TPSA) is 56.1 Å². The van der Waals surface area contributed by atoms with E-state index >= 15 is 0 Å². The van der Waals surface area contributed by atoms with Crippen molar-refractivity contribution in [2.45, 2.75) is 20.4 Å². The number of nitrogens with zero attached hydrogens (tertiary/aromatic N) is 2. The number of benzene rings is 1. The van der Waals surface area contributed by atoms with Crippen LogP contribution in [0.25, 0.3) is 0 Å². The Labute approximate surface area is 124 Å². The van der Waals surface area contributed by atoms with E-state index in [4.69, 9.17) is 4.74 Å². The SMILES string of the molecule is C=C(C)COc1ccccc1NC(=O)c1ccnn1CC. The molecule has 2 aromatic rings. The third-order valence-electron chi connectivity index (χ3n) is 2.86. The van der Waals surface area contributed by atoms with Gasteiger partial charge in [-0.15, -0.1) is 0 Å². The maximum absolute atomic E-state index is 12.3. The number of ether oxygens (including phenoxy) is 1. The summed E-state index contributed by atoms with van der Waals surface area (Å²) in [6, 6.07) is 9.02. The highest BCUT2D eigenvalue weighted by atomic mass is 16.5. The standard InChI is InChI=1S/C16H19N3O2/c1-4-19-14(9-10-17-19)16(20)18-13-7-5-6-8-15(13)21-11-12(2)3/h5-10H,2,4,11H2,1,3H3,(H,18,20). The Morgan fingerprint density at radius 3 is 2.86 bits per heavy atom. The number of hydrogen-bond acceptors (Lipinski definition) is 3. The number of anilines is 1. The molecule has 21 heavy (non-hydrogen) atoms. The van der Waals surface area contributed by atoms with Gasteiger partial charge in [-0.25, -0.2) is 0 Å². The summed E-state index contributed by atoms with van der Waals surface area (Å²) < 4.78 is 7.28. The summed E-state index contributed by atoms with van der Waals surface area (Å²) in [5.74, 6) is 0.414. The van der Waals surface area contributed by atoms with Gasteiger partial charge in [-0.1, -0.05) is 18.7 Å². The minimum Gasteiger partial charge on any atom is -0.487 e. The molecule has 1 N–H and O–H groups in total. The zero-order valence-corrected chi connectivity index (χ0v) is 12.3. The average Bonchev–Trinajstić information content (AvgIpc) is 2.94. The number of rotatable bonds is 6. The van der Waals surface area contributed by atoms with E-state index in [9.17, 15) is 4.79 Å². The van der Waals surface area contributed by atoms with Gasteiger partial charge in [0, 0.05) is 12.7 Å². The molecule has 0 aliphatic rings. The van der Waals surface area contributed by atoms with E-state index in [2.05, 4.69) is 17.0 Å². The van der Waals surface area contributed by atoms with Crippen molar-refractivity contribution in [1.29, 1.82) is 0 Å². The molecule has 0 unspecified atom stereocenters. The Hall–Kier alpha value is -2.56. The van der Waals surface area contributed by atoms with Crippen LogP contribution in [0.5, 0.6) is 5.75 Å². The Morgan fingerprint density at radius 2 is 2.14 bits per heavy atom. The van der Waals surface area contributed by atoms with Gasteiger partial charge in [-0.2, -0.15) is 5.10 Å². The van der Waals surface area contributed by atoms with Crippen molar-refractivity contribution in [3.05, 3.63) is 54.4 Å². The fourth-order valence-corrected chi connectivity index (χ4v) is 1.86. The van der Waals surface area contributed by atoms with Gasteiger partial charge < -0.3 is 10.1 Å². The minimum absolute atomic E-state index is 0.208. The van der Waals surface area contributed by atoms with Crippen LogP contribution in [0.15, 0.2) is 48.7 Å². The van der Waals surface area contributed by atoms with Crippen LogP contribution in [0.3, 0.4) is 0 Å². The summed E-state index contributed by atoms with van der Waals surface area (Å²) in [6.45, 7) is 8.69. The van der Waals surface area contributed by atoms with E-state index in [-0.39, 0.29) is 5.91 Å². The van der Waals surface area contributed by atoms with E-state index in [0.29, 0.717) is 30.3 Å². The van der Waals surface area contributed by atoms with Crippen molar-refractivity contribution in [2.24, 2.45) is 0 Å². The molecule has 0 spiro atoms. The second kappa shape index (κ2) is 6.74. The third-order valence-corrected chi connectivity index (χ3v) is 2.86. The summed E-state index contributed by atoms with van der Waals surface area (Å²) in [7, 11) is 0. The molecule has 0 saturated heterocycles. The van der Waals surface area contributed by atoms with Gasteiger partial charge in [-0.3, -0.25) is 9.48 Å². The fraction of sp³-hybridized carbons (Fsp3) is 0.250. The molecule has 0 fully saturated rings. The smallest absolute Gasteiger partial charge is 0.274 e. The molecule has 2 rings (SSSR count). The van der Waals surface area contributed by atoms with Gasteiger partial charge in [0.1, 0.15) is 18.1 Å². The Morgan fingerprint density at radius 1 is 1.38 bits per heavy atom. The monoisotopic (exact) mass is 285 g/mol. The number of amides is 1. The fourth-order valence-electron chi connectivity index (χ4n) is 1.86. The number of carbonyl (C=O) groups is 1. The second-order valence-electron chi connectivity index (χ2n) is 4.73. The minimum atomic E-state index is -0.208. The number of carbonyl (C=O) groups excluding carboxylic acids is 1. The summed E-state index contributed by atoms with van der Waals surface area (Å²) in [4.78, 5) is 12.3. The van der Waals surface area contributed by atoms with E-state index in [1.165, 1.54) is 0 Å². The molecule has 1 aromatic heterocycles. The lowest BCUT2D eigenvalue weighted by atomic mass is 10.2. The number of nitrogens with one attached hydrogen (secondary N) is 1. The lowest BCUT2D eigenvalue weighted by molar-refractivity contribution is 0.101. The lowest BCUT2D eigenvalue weighted by Crippen LogP contribution is -2.18. The predicted molar refractivity (Wildman–Crippen MR) is 82.6 cm³/mol. The lowest BCUT2D eigenvalue weighted by Gasteiger charge is -2.12. The Kier molecular flexibility index (Phi) is 4.77. The molecule has 0 bridgehead atoms. The summed E-state index contributed by atoms with van der Waals surface area (Å²) in [6.07, 6.45) is 1.61. The Balaban J connectivity index is 2.15. The maximum Gasteiger partial charge on any atom is 0.274 e. The summed E-state index contributed by atoms with van der Waals surface area (Å²) >= 11 is 0. The van der Waals surface area contributed by atoms with Gasteiger partial charge in [0.25, 0.3) is 5.91 Å². The molecule has 0 aliphatic heterocycles. The van der Waals surface area contributed by atoms with Crippen molar-refractivity contribution in [3.63, 3.8) is 0 Å². The molecule has 0 atom stereocenters. The highest BCUT2D eigenvalue weighted by molar-refractivity contribution is 6.03. The van der Waals surface area contributed by atoms with Crippen LogP contribution in [-0.2, 0) is 6.54 Å². The van der Waals surface area contributed by atoms with Gasteiger partial charge >= 0.3 is 0 Å². The first-order valence-electron chi connectivity index (χ1n) is 6.81. The van der Waals surface area contributed by atoms with Crippen molar-refractivity contribution < 1.29 is 9.53 Å².